The second-order valence-electron chi connectivity index (χ2n) is 3.88. The van der Waals surface area contributed by atoms with Crippen molar-refractivity contribution < 1.29 is 14.7 Å². The van der Waals surface area contributed by atoms with Crippen LogP contribution in [-0.4, -0.2) is 34.6 Å². The number of nitrogens with one attached hydrogen (secondary N) is 2. The molecule has 1 unspecified atom stereocenters. The number of hydrogen-bond acceptors (Lipinski definition) is 5. The average Bonchev–Trinajstić information content (AvgIpc) is 2.64. The van der Waals surface area contributed by atoms with Gasteiger partial charge in [-0.25, -0.2) is 4.98 Å². The summed E-state index contributed by atoms with van der Waals surface area (Å²) >= 11 is 1.32. The SMILES string of the molecule is CCC(CO)NC(=O)C(=O)Nc1nc(C)c(C)s1. The fourth-order valence-corrected chi connectivity index (χ4v) is 2.02. The number of carbonyl (C=O) groups excluding carboxylic acids is 2. The van der Waals surface area contributed by atoms with Gasteiger partial charge in [-0.2, -0.15) is 0 Å². The maximum Gasteiger partial charge on any atom is 0.315 e. The number of carbonyl (C=O) groups is 2. The number of anilines is 1. The average molecular weight is 271 g/mol. The van der Waals surface area contributed by atoms with Crippen LogP contribution >= 0.6 is 11.3 Å². The van der Waals surface area contributed by atoms with Gasteiger partial charge in [0.25, 0.3) is 0 Å². The van der Waals surface area contributed by atoms with Crippen LogP contribution in [0.5, 0.6) is 0 Å². The van der Waals surface area contributed by atoms with Crippen LogP contribution in [0.4, 0.5) is 5.13 Å². The number of aryl methyl sites for hydroxylation is 2. The Kier molecular flexibility index (Phi) is 5.24. The minimum Gasteiger partial charge on any atom is -0.394 e. The Balaban J connectivity index is 2.57. The molecule has 0 radical (unpaired) electrons. The number of amides is 2. The zero-order valence-electron chi connectivity index (χ0n) is 10.6. The first-order valence-electron chi connectivity index (χ1n) is 5.64. The maximum absolute atomic E-state index is 11.6. The third-order valence-corrected chi connectivity index (χ3v) is 3.49. The van der Waals surface area contributed by atoms with Gasteiger partial charge < -0.3 is 10.4 Å². The summed E-state index contributed by atoms with van der Waals surface area (Å²) < 4.78 is 0. The van der Waals surface area contributed by atoms with Gasteiger partial charge in [-0.3, -0.25) is 14.9 Å². The highest BCUT2D eigenvalue weighted by molar-refractivity contribution is 7.15. The van der Waals surface area contributed by atoms with Gasteiger partial charge in [0.1, 0.15) is 0 Å². The highest BCUT2D eigenvalue weighted by atomic mass is 32.1. The number of aliphatic hydroxyl groups is 1. The van der Waals surface area contributed by atoms with E-state index in [2.05, 4.69) is 15.6 Å². The molecule has 7 heteroatoms. The molecule has 1 aromatic rings. The van der Waals surface area contributed by atoms with Crippen molar-refractivity contribution in [2.75, 3.05) is 11.9 Å². The number of rotatable bonds is 4. The lowest BCUT2D eigenvalue weighted by molar-refractivity contribution is -0.136. The molecule has 1 atom stereocenters. The summed E-state index contributed by atoms with van der Waals surface area (Å²) in [4.78, 5) is 28.2. The van der Waals surface area contributed by atoms with Crippen molar-refractivity contribution in [2.45, 2.75) is 33.2 Å². The van der Waals surface area contributed by atoms with Crippen LogP contribution in [0.2, 0.25) is 0 Å². The Morgan fingerprint density at radius 1 is 1.39 bits per heavy atom. The highest BCUT2D eigenvalue weighted by Crippen LogP contribution is 2.20. The molecule has 0 aliphatic rings. The molecule has 0 bridgehead atoms. The van der Waals surface area contributed by atoms with E-state index in [9.17, 15) is 9.59 Å². The van der Waals surface area contributed by atoms with E-state index in [1.54, 1.807) is 0 Å². The number of thiazole rings is 1. The molecule has 18 heavy (non-hydrogen) atoms. The zero-order valence-corrected chi connectivity index (χ0v) is 11.4. The number of hydrogen-bond donors (Lipinski definition) is 3. The van der Waals surface area contributed by atoms with Gasteiger partial charge in [0.2, 0.25) is 0 Å². The van der Waals surface area contributed by atoms with Gasteiger partial charge in [-0.05, 0) is 20.3 Å². The van der Waals surface area contributed by atoms with Crippen LogP contribution in [0.1, 0.15) is 23.9 Å². The fourth-order valence-electron chi connectivity index (χ4n) is 1.21. The van der Waals surface area contributed by atoms with Crippen molar-refractivity contribution >= 4 is 28.3 Å². The Labute approximate surface area is 109 Å². The van der Waals surface area contributed by atoms with E-state index in [0.29, 0.717) is 11.6 Å². The lowest BCUT2D eigenvalue weighted by Gasteiger charge is -2.12. The Bertz CT molecular complexity index is 421. The van der Waals surface area contributed by atoms with Crippen molar-refractivity contribution in [1.82, 2.24) is 10.3 Å². The van der Waals surface area contributed by atoms with E-state index < -0.39 is 17.9 Å². The second kappa shape index (κ2) is 6.46. The fraction of sp³-hybridized carbons (Fsp3) is 0.545. The van der Waals surface area contributed by atoms with Crippen LogP contribution in [0.25, 0.3) is 0 Å². The Morgan fingerprint density at radius 3 is 2.50 bits per heavy atom. The molecule has 0 spiro atoms. The third-order valence-electron chi connectivity index (χ3n) is 2.50. The van der Waals surface area contributed by atoms with Crippen LogP contribution < -0.4 is 10.6 Å². The maximum atomic E-state index is 11.6. The molecule has 6 nitrogen and oxygen atoms in total. The predicted molar refractivity (Wildman–Crippen MR) is 69.5 cm³/mol. The molecule has 0 aliphatic heterocycles. The summed E-state index contributed by atoms with van der Waals surface area (Å²) in [5, 5.41) is 14.2. The first kappa shape index (κ1) is 14.6. The topological polar surface area (TPSA) is 91.3 Å². The molecule has 0 fully saturated rings. The zero-order chi connectivity index (χ0) is 13.7. The Hall–Kier alpha value is -1.47. The lowest BCUT2D eigenvalue weighted by Crippen LogP contribution is -2.43. The minimum absolute atomic E-state index is 0.189. The molecule has 1 heterocycles. The number of aromatic nitrogens is 1. The molecule has 0 saturated carbocycles. The van der Waals surface area contributed by atoms with Crippen LogP contribution in [0.15, 0.2) is 0 Å². The van der Waals surface area contributed by atoms with Crippen molar-refractivity contribution in [3.05, 3.63) is 10.6 Å². The van der Waals surface area contributed by atoms with Crippen LogP contribution in [0, 0.1) is 13.8 Å². The van der Waals surface area contributed by atoms with E-state index in [1.165, 1.54) is 11.3 Å². The molecular weight excluding hydrogens is 254 g/mol. The molecule has 0 aliphatic carbocycles. The van der Waals surface area contributed by atoms with Crippen LogP contribution in [-0.2, 0) is 9.59 Å². The normalized spacial score (nSPS) is 12.0. The summed E-state index contributed by atoms with van der Waals surface area (Å²) in [5.74, 6) is -1.53. The summed E-state index contributed by atoms with van der Waals surface area (Å²) in [7, 11) is 0. The summed E-state index contributed by atoms with van der Waals surface area (Å²) in [6.07, 6.45) is 0.561. The van der Waals surface area contributed by atoms with Crippen molar-refractivity contribution in [1.29, 1.82) is 0 Å². The van der Waals surface area contributed by atoms with Crippen molar-refractivity contribution in [3.63, 3.8) is 0 Å². The quantitative estimate of drug-likeness (QED) is 0.699. The molecular formula is C11H17N3O3S. The molecule has 0 aromatic carbocycles. The number of nitrogens with zero attached hydrogens (tertiary/aromatic N) is 1. The second-order valence-corrected chi connectivity index (χ2v) is 5.08. The molecule has 1 rings (SSSR count). The van der Waals surface area contributed by atoms with E-state index in [4.69, 9.17) is 5.11 Å². The van der Waals surface area contributed by atoms with Crippen molar-refractivity contribution in [2.24, 2.45) is 0 Å². The molecule has 2 amide bonds. The standard InChI is InChI=1S/C11H17N3O3S/c1-4-8(5-15)13-9(16)10(17)14-11-12-6(2)7(3)18-11/h8,15H,4-5H2,1-3H3,(H,13,16)(H,12,14,17). The molecule has 3 N–H and O–H groups in total. The lowest BCUT2D eigenvalue weighted by atomic mass is 10.2. The Morgan fingerprint density at radius 2 is 2.06 bits per heavy atom. The van der Waals surface area contributed by atoms with E-state index in [-0.39, 0.29) is 6.61 Å². The van der Waals surface area contributed by atoms with E-state index in [1.807, 2.05) is 20.8 Å². The van der Waals surface area contributed by atoms with Gasteiger partial charge >= 0.3 is 11.8 Å². The summed E-state index contributed by atoms with van der Waals surface area (Å²) in [5.41, 5.74) is 0.831. The summed E-state index contributed by atoms with van der Waals surface area (Å²) in [6.45, 7) is 5.35. The third kappa shape index (κ3) is 3.78. The minimum atomic E-state index is -0.768. The van der Waals surface area contributed by atoms with Gasteiger partial charge in [0, 0.05) is 4.88 Å². The first-order valence-corrected chi connectivity index (χ1v) is 6.46. The number of aliphatic hydroxyl groups excluding tert-OH is 1. The summed E-state index contributed by atoms with van der Waals surface area (Å²) in [6, 6.07) is -0.400. The van der Waals surface area contributed by atoms with Gasteiger partial charge in [-0.1, -0.05) is 6.92 Å². The molecule has 0 saturated heterocycles. The predicted octanol–water partition coefficient (Wildman–Crippen LogP) is 0.586. The van der Waals surface area contributed by atoms with Crippen molar-refractivity contribution in [3.8, 4) is 0 Å². The molecule has 1 aromatic heterocycles. The smallest absolute Gasteiger partial charge is 0.315 e. The van der Waals surface area contributed by atoms with Gasteiger partial charge in [0.05, 0.1) is 18.3 Å². The van der Waals surface area contributed by atoms with Crippen LogP contribution in [0.3, 0.4) is 0 Å². The van der Waals surface area contributed by atoms with E-state index >= 15 is 0 Å². The van der Waals surface area contributed by atoms with Gasteiger partial charge in [0.15, 0.2) is 5.13 Å². The van der Waals surface area contributed by atoms with Gasteiger partial charge in [-0.15, -0.1) is 11.3 Å². The highest BCUT2D eigenvalue weighted by Gasteiger charge is 2.18. The molecule has 100 valence electrons. The largest absolute Gasteiger partial charge is 0.394 e. The first-order chi connectivity index (χ1) is 8.47. The monoisotopic (exact) mass is 271 g/mol. The van der Waals surface area contributed by atoms with E-state index in [0.717, 1.165) is 10.6 Å².